The minimum absolute atomic E-state index is 0.621. The van der Waals surface area contributed by atoms with E-state index >= 15 is 0 Å². The number of aliphatic carboxylic acids is 1. The van der Waals surface area contributed by atoms with E-state index < -0.39 is 41.5 Å². The van der Waals surface area contributed by atoms with E-state index in [-0.39, 0.29) is 0 Å². The van der Waals surface area contributed by atoms with Crippen LogP contribution >= 0.6 is 0 Å². The minimum atomic E-state index is -2.07. The van der Waals surface area contributed by atoms with Gasteiger partial charge >= 0.3 is 17.9 Å². The van der Waals surface area contributed by atoms with E-state index in [2.05, 4.69) is 4.74 Å². The summed E-state index contributed by atoms with van der Waals surface area (Å²) in [6.07, 6.45) is -0.621. The van der Waals surface area contributed by atoms with E-state index in [0.29, 0.717) is 0 Å². The zero-order valence-corrected chi connectivity index (χ0v) is 11.4. The highest BCUT2D eigenvalue weighted by Crippen LogP contribution is 2.18. The number of rotatable bonds is 5. The van der Waals surface area contributed by atoms with E-state index in [9.17, 15) is 14.4 Å². The van der Waals surface area contributed by atoms with Crippen LogP contribution in [0.25, 0.3) is 0 Å². The summed E-state index contributed by atoms with van der Waals surface area (Å²) in [7, 11) is 1.06. The van der Waals surface area contributed by atoms with Gasteiger partial charge in [0, 0.05) is 6.42 Å². The van der Waals surface area contributed by atoms with Crippen LogP contribution < -0.4 is 11.5 Å². The summed E-state index contributed by atoms with van der Waals surface area (Å²) in [6.45, 7) is 4.76. The van der Waals surface area contributed by atoms with Crippen LogP contribution in [0.2, 0.25) is 0 Å². The van der Waals surface area contributed by atoms with Crippen molar-refractivity contribution in [3.05, 3.63) is 0 Å². The number of carbonyl (C=O) groups excluding carboxylic acids is 2. The molecule has 0 rings (SSSR count). The van der Waals surface area contributed by atoms with Crippen LogP contribution in [0.3, 0.4) is 0 Å². The van der Waals surface area contributed by atoms with Crippen LogP contribution in [-0.4, -0.2) is 41.4 Å². The van der Waals surface area contributed by atoms with Gasteiger partial charge in [0.1, 0.15) is 5.60 Å². The fourth-order valence-corrected chi connectivity index (χ4v) is 1.26. The largest absolute Gasteiger partial charge is 0.481 e. The van der Waals surface area contributed by atoms with Gasteiger partial charge in [-0.2, -0.15) is 0 Å². The summed E-state index contributed by atoms with van der Waals surface area (Å²) in [5, 5.41) is 8.99. The molecule has 8 nitrogen and oxygen atoms in total. The molecule has 19 heavy (non-hydrogen) atoms. The highest BCUT2D eigenvalue weighted by molar-refractivity contribution is 5.95. The third kappa shape index (κ3) is 5.66. The molecule has 110 valence electrons. The Labute approximate surface area is 111 Å². The molecule has 5 N–H and O–H groups in total. The first kappa shape index (κ1) is 17.3. The van der Waals surface area contributed by atoms with E-state index in [1.54, 1.807) is 20.8 Å². The molecule has 0 aliphatic carbocycles. The van der Waals surface area contributed by atoms with Crippen molar-refractivity contribution in [2.24, 2.45) is 17.4 Å². The highest BCUT2D eigenvalue weighted by Gasteiger charge is 2.41. The molecule has 0 aliphatic rings. The van der Waals surface area contributed by atoms with Gasteiger partial charge in [-0.1, -0.05) is 0 Å². The number of carboxylic acids is 1. The summed E-state index contributed by atoms with van der Waals surface area (Å²) in [5.74, 6) is -5.14. The van der Waals surface area contributed by atoms with Crippen LogP contribution in [-0.2, 0) is 23.9 Å². The van der Waals surface area contributed by atoms with Gasteiger partial charge in [0.2, 0.25) is 0 Å². The normalized spacial score (nSPS) is 13.6. The topological polar surface area (TPSA) is 142 Å². The van der Waals surface area contributed by atoms with Gasteiger partial charge in [0.05, 0.1) is 7.11 Å². The average molecular weight is 276 g/mol. The highest BCUT2D eigenvalue weighted by atomic mass is 16.6. The predicted molar refractivity (Wildman–Crippen MR) is 64.7 cm³/mol. The fraction of sp³-hybridized carbons (Fsp3) is 0.727. The molecule has 1 unspecified atom stereocenters. The lowest BCUT2D eigenvalue weighted by molar-refractivity contribution is -0.168. The maximum absolute atomic E-state index is 11.7. The molecule has 0 saturated heterocycles. The van der Waals surface area contributed by atoms with E-state index in [0.717, 1.165) is 7.11 Å². The summed E-state index contributed by atoms with van der Waals surface area (Å²) in [6, 6.07) is 0. The van der Waals surface area contributed by atoms with Crippen LogP contribution in [0, 0.1) is 5.92 Å². The second-order valence-corrected chi connectivity index (χ2v) is 5.16. The van der Waals surface area contributed by atoms with Crippen LogP contribution in [0.4, 0.5) is 0 Å². The molecule has 0 radical (unpaired) electrons. The quantitative estimate of drug-likeness (QED) is 0.337. The first-order valence-corrected chi connectivity index (χ1v) is 5.52. The Kier molecular flexibility index (Phi) is 5.46. The molecule has 0 amide bonds. The summed E-state index contributed by atoms with van der Waals surface area (Å²) < 4.78 is 9.28. The van der Waals surface area contributed by atoms with Crippen molar-refractivity contribution in [1.82, 2.24) is 0 Å². The van der Waals surface area contributed by atoms with Gasteiger partial charge in [0.25, 0.3) is 0 Å². The zero-order valence-electron chi connectivity index (χ0n) is 11.4. The van der Waals surface area contributed by atoms with Crippen molar-refractivity contribution in [1.29, 1.82) is 0 Å². The number of carboxylic acid groups (broad SMARTS) is 1. The number of hydrogen-bond donors (Lipinski definition) is 3. The van der Waals surface area contributed by atoms with Gasteiger partial charge in [0.15, 0.2) is 11.6 Å². The Hall–Kier alpha value is -1.67. The Bertz CT molecular complexity index is 372. The zero-order chi connectivity index (χ0) is 15.4. The Morgan fingerprint density at radius 3 is 2.00 bits per heavy atom. The molecular formula is C11H20N2O6. The van der Waals surface area contributed by atoms with E-state index in [4.69, 9.17) is 21.3 Å². The maximum atomic E-state index is 11.7. The molecule has 0 bridgehead atoms. The van der Waals surface area contributed by atoms with Crippen molar-refractivity contribution >= 4 is 17.9 Å². The van der Waals surface area contributed by atoms with Crippen molar-refractivity contribution in [2.45, 2.75) is 38.5 Å². The second kappa shape index (κ2) is 5.98. The van der Waals surface area contributed by atoms with Gasteiger partial charge in [-0.15, -0.1) is 0 Å². The number of nitrogens with two attached hydrogens (primary N) is 2. The molecular weight excluding hydrogens is 256 g/mol. The van der Waals surface area contributed by atoms with Crippen LogP contribution in [0.1, 0.15) is 27.2 Å². The van der Waals surface area contributed by atoms with Crippen molar-refractivity contribution in [3.63, 3.8) is 0 Å². The van der Waals surface area contributed by atoms with Gasteiger partial charge in [-0.25, -0.2) is 4.79 Å². The van der Waals surface area contributed by atoms with Gasteiger partial charge < -0.3 is 26.0 Å². The SMILES string of the molecule is COC(=O)C(N)(N)CC(C(=O)O)C(=O)OC(C)(C)C. The maximum Gasteiger partial charge on any atom is 0.340 e. The molecule has 0 fully saturated rings. The Morgan fingerprint density at radius 2 is 1.68 bits per heavy atom. The lowest BCUT2D eigenvalue weighted by Crippen LogP contribution is -2.59. The molecule has 0 heterocycles. The van der Waals surface area contributed by atoms with Gasteiger partial charge in [-0.05, 0) is 20.8 Å². The van der Waals surface area contributed by atoms with Crippen molar-refractivity contribution < 1.29 is 29.0 Å². The second-order valence-electron chi connectivity index (χ2n) is 5.16. The minimum Gasteiger partial charge on any atom is -0.481 e. The monoisotopic (exact) mass is 276 g/mol. The number of esters is 2. The Balaban J connectivity index is 5.00. The first-order valence-electron chi connectivity index (χ1n) is 5.52. The lowest BCUT2D eigenvalue weighted by atomic mass is 9.95. The van der Waals surface area contributed by atoms with Crippen LogP contribution in [0.15, 0.2) is 0 Å². The van der Waals surface area contributed by atoms with Gasteiger partial charge in [-0.3, -0.25) is 9.59 Å². The molecule has 0 aromatic rings. The molecule has 0 aromatic heterocycles. The number of carbonyl (C=O) groups is 3. The number of hydrogen-bond acceptors (Lipinski definition) is 7. The van der Waals surface area contributed by atoms with E-state index in [1.807, 2.05) is 0 Å². The predicted octanol–water partition coefficient (Wildman–Crippen LogP) is -0.794. The summed E-state index contributed by atoms with van der Waals surface area (Å²) in [4.78, 5) is 34.1. The summed E-state index contributed by atoms with van der Waals surface area (Å²) >= 11 is 0. The third-order valence-electron chi connectivity index (χ3n) is 2.10. The summed E-state index contributed by atoms with van der Waals surface area (Å²) in [5.41, 5.74) is 7.95. The fourth-order valence-electron chi connectivity index (χ4n) is 1.26. The number of ether oxygens (including phenoxy) is 2. The molecule has 0 aliphatic heterocycles. The van der Waals surface area contributed by atoms with Crippen LogP contribution in [0.5, 0.6) is 0 Å². The van der Waals surface area contributed by atoms with Crippen molar-refractivity contribution in [2.75, 3.05) is 7.11 Å². The Morgan fingerprint density at radius 1 is 1.21 bits per heavy atom. The first-order chi connectivity index (χ1) is 8.40. The molecule has 0 spiro atoms. The molecule has 8 heteroatoms. The standard InChI is InChI=1S/C11H20N2O6/c1-10(2,3)19-8(16)6(7(14)15)5-11(12,13)9(17)18-4/h6H,5,12-13H2,1-4H3,(H,14,15). The molecule has 0 saturated carbocycles. The van der Waals surface area contributed by atoms with Crippen molar-refractivity contribution in [3.8, 4) is 0 Å². The smallest absolute Gasteiger partial charge is 0.340 e. The lowest BCUT2D eigenvalue weighted by Gasteiger charge is -2.26. The molecule has 1 atom stereocenters. The third-order valence-corrected chi connectivity index (χ3v) is 2.10. The molecule has 0 aromatic carbocycles. The number of methoxy groups -OCH3 is 1. The average Bonchev–Trinajstić information content (AvgIpc) is 2.21. The van der Waals surface area contributed by atoms with E-state index in [1.165, 1.54) is 0 Å².